The van der Waals surface area contributed by atoms with Crippen molar-refractivity contribution in [2.75, 3.05) is 17.7 Å². The third-order valence-electron chi connectivity index (χ3n) is 2.38. The summed E-state index contributed by atoms with van der Waals surface area (Å²) in [5.41, 5.74) is 2.05. The van der Waals surface area contributed by atoms with Crippen LogP contribution in [0.1, 0.15) is 11.3 Å². The lowest BCUT2D eigenvalue weighted by Crippen LogP contribution is -2.07. The fraction of sp³-hybridized carbons (Fsp3) is 0.400. The Hall–Kier alpha value is -1.89. The molecule has 0 aliphatic heterocycles. The maximum absolute atomic E-state index is 5.79. The highest BCUT2D eigenvalue weighted by molar-refractivity contribution is 6.28. The average Bonchev–Trinajstić information content (AvgIpc) is 2.64. The molecule has 0 amide bonds. The van der Waals surface area contributed by atoms with Crippen LogP contribution < -0.4 is 10.6 Å². The van der Waals surface area contributed by atoms with Crippen LogP contribution in [0.25, 0.3) is 0 Å². The zero-order valence-electron chi connectivity index (χ0n) is 10.4. The normalized spacial score (nSPS) is 10.4. The molecular weight excluding hydrogens is 254 g/mol. The number of halogens is 1. The Morgan fingerprint density at radius 1 is 1.28 bits per heavy atom. The van der Waals surface area contributed by atoms with Crippen molar-refractivity contribution >= 4 is 23.5 Å². The topological polar surface area (TPSA) is 80.5 Å². The van der Waals surface area contributed by atoms with Crippen LogP contribution in [0, 0.1) is 6.92 Å². The summed E-state index contributed by atoms with van der Waals surface area (Å²) in [5, 5.41) is 10.3. The van der Waals surface area contributed by atoms with E-state index in [0.717, 1.165) is 11.3 Å². The van der Waals surface area contributed by atoms with Crippen LogP contribution in [-0.2, 0) is 13.6 Å². The molecule has 96 valence electrons. The van der Waals surface area contributed by atoms with Crippen molar-refractivity contribution in [3.63, 3.8) is 0 Å². The smallest absolute Gasteiger partial charge is 0.229 e. The Bertz CT molecular complexity index is 551. The van der Waals surface area contributed by atoms with Crippen molar-refractivity contribution in [2.45, 2.75) is 13.5 Å². The zero-order valence-corrected chi connectivity index (χ0v) is 11.2. The number of aryl methyl sites for hydroxylation is 2. The lowest BCUT2D eigenvalue weighted by Gasteiger charge is -2.05. The summed E-state index contributed by atoms with van der Waals surface area (Å²) in [6.07, 6.45) is 1.95. The van der Waals surface area contributed by atoms with Crippen molar-refractivity contribution in [3.05, 3.63) is 22.7 Å². The Morgan fingerprint density at radius 2 is 2.00 bits per heavy atom. The Balaban J connectivity index is 2.10. The molecule has 18 heavy (non-hydrogen) atoms. The first-order valence-electron chi connectivity index (χ1n) is 5.41. The molecular formula is C10H14ClN7. The van der Waals surface area contributed by atoms with Crippen LogP contribution in [0.15, 0.2) is 6.20 Å². The van der Waals surface area contributed by atoms with Gasteiger partial charge >= 0.3 is 0 Å². The highest BCUT2D eigenvalue weighted by atomic mass is 35.5. The molecule has 0 saturated carbocycles. The Morgan fingerprint density at radius 3 is 2.61 bits per heavy atom. The van der Waals surface area contributed by atoms with Crippen molar-refractivity contribution in [1.82, 2.24) is 24.7 Å². The van der Waals surface area contributed by atoms with Crippen LogP contribution in [0.3, 0.4) is 0 Å². The summed E-state index contributed by atoms with van der Waals surface area (Å²) in [7, 11) is 3.61. The minimum atomic E-state index is 0.153. The van der Waals surface area contributed by atoms with E-state index >= 15 is 0 Å². The monoisotopic (exact) mass is 267 g/mol. The number of nitrogens with one attached hydrogen (secondary N) is 2. The van der Waals surface area contributed by atoms with Gasteiger partial charge in [-0.3, -0.25) is 4.68 Å². The largest absolute Gasteiger partial charge is 0.357 e. The quantitative estimate of drug-likeness (QED) is 0.867. The molecule has 0 saturated heterocycles. The van der Waals surface area contributed by atoms with Gasteiger partial charge in [0.2, 0.25) is 17.2 Å². The molecule has 0 bridgehead atoms. The molecule has 0 aliphatic rings. The molecule has 7 nitrogen and oxygen atoms in total. The van der Waals surface area contributed by atoms with E-state index in [9.17, 15) is 0 Å². The first-order valence-corrected chi connectivity index (χ1v) is 5.78. The Kier molecular flexibility index (Phi) is 3.61. The molecule has 0 unspecified atom stereocenters. The van der Waals surface area contributed by atoms with Gasteiger partial charge in [-0.1, -0.05) is 0 Å². The molecule has 2 aromatic rings. The lowest BCUT2D eigenvalue weighted by atomic mass is 10.3. The van der Waals surface area contributed by atoms with Gasteiger partial charge in [-0.15, -0.1) is 0 Å². The summed E-state index contributed by atoms with van der Waals surface area (Å²) in [4.78, 5) is 12.1. The second kappa shape index (κ2) is 5.18. The van der Waals surface area contributed by atoms with E-state index in [2.05, 4.69) is 30.7 Å². The van der Waals surface area contributed by atoms with E-state index in [1.807, 2.05) is 20.2 Å². The van der Waals surface area contributed by atoms with Gasteiger partial charge in [-0.05, 0) is 18.5 Å². The molecule has 0 aromatic carbocycles. The van der Waals surface area contributed by atoms with Crippen LogP contribution >= 0.6 is 11.6 Å². The third kappa shape index (κ3) is 2.86. The number of rotatable bonds is 4. The van der Waals surface area contributed by atoms with Gasteiger partial charge < -0.3 is 10.6 Å². The van der Waals surface area contributed by atoms with Crippen LogP contribution in [0.2, 0.25) is 5.28 Å². The zero-order chi connectivity index (χ0) is 13.1. The van der Waals surface area contributed by atoms with Crippen molar-refractivity contribution in [1.29, 1.82) is 0 Å². The fourth-order valence-corrected chi connectivity index (χ4v) is 1.70. The van der Waals surface area contributed by atoms with Gasteiger partial charge in [0.25, 0.3) is 0 Å². The number of hydrogen-bond donors (Lipinski definition) is 2. The molecule has 0 atom stereocenters. The first-order chi connectivity index (χ1) is 8.58. The van der Waals surface area contributed by atoms with Crippen molar-refractivity contribution < 1.29 is 0 Å². The minimum Gasteiger partial charge on any atom is -0.357 e. The van der Waals surface area contributed by atoms with Gasteiger partial charge in [-0.2, -0.15) is 20.1 Å². The third-order valence-corrected chi connectivity index (χ3v) is 2.55. The highest BCUT2D eigenvalue weighted by Crippen LogP contribution is 2.11. The number of hydrogen-bond acceptors (Lipinski definition) is 6. The standard InChI is InChI=1S/C10H14ClN7/c1-6-7(5-18(3)17-6)4-13-10-15-8(11)14-9(12-2)16-10/h5H,4H2,1-3H3,(H2,12,13,14,15,16). The number of nitrogens with zero attached hydrogens (tertiary/aromatic N) is 5. The predicted molar refractivity (Wildman–Crippen MR) is 69.7 cm³/mol. The molecule has 0 radical (unpaired) electrons. The van der Waals surface area contributed by atoms with E-state index < -0.39 is 0 Å². The molecule has 0 spiro atoms. The highest BCUT2D eigenvalue weighted by Gasteiger charge is 2.06. The van der Waals surface area contributed by atoms with Crippen molar-refractivity contribution in [3.8, 4) is 0 Å². The summed E-state index contributed by atoms with van der Waals surface area (Å²) >= 11 is 5.79. The van der Waals surface area contributed by atoms with Gasteiger partial charge in [0.15, 0.2) is 0 Å². The lowest BCUT2D eigenvalue weighted by molar-refractivity contribution is 0.756. The van der Waals surface area contributed by atoms with Crippen LogP contribution in [-0.4, -0.2) is 31.8 Å². The van der Waals surface area contributed by atoms with Crippen LogP contribution in [0.4, 0.5) is 11.9 Å². The van der Waals surface area contributed by atoms with Crippen LogP contribution in [0.5, 0.6) is 0 Å². The van der Waals surface area contributed by atoms with Gasteiger partial charge in [-0.25, -0.2) is 0 Å². The van der Waals surface area contributed by atoms with E-state index in [-0.39, 0.29) is 5.28 Å². The van der Waals surface area contributed by atoms with Crippen molar-refractivity contribution in [2.24, 2.45) is 7.05 Å². The van der Waals surface area contributed by atoms with E-state index in [1.165, 1.54) is 0 Å². The fourth-order valence-electron chi connectivity index (χ4n) is 1.54. The van der Waals surface area contributed by atoms with Gasteiger partial charge in [0, 0.05) is 32.4 Å². The molecule has 0 aliphatic carbocycles. The summed E-state index contributed by atoms with van der Waals surface area (Å²) in [5.74, 6) is 0.864. The van der Waals surface area contributed by atoms with E-state index in [4.69, 9.17) is 11.6 Å². The SMILES string of the molecule is CNc1nc(Cl)nc(NCc2cn(C)nc2C)n1. The predicted octanol–water partition coefficient (Wildman–Crippen LogP) is 1.22. The van der Waals surface area contributed by atoms with Gasteiger partial charge in [0.1, 0.15) is 0 Å². The molecule has 2 rings (SSSR count). The number of anilines is 2. The molecule has 2 aromatic heterocycles. The Labute approximate surface area is 110 Å². The number of aromatic nitrogens is 5. The summed E-state index contributed by atoms with van der Waals surface area (Å²) in [6.45, 7) is 2.54. The van der Waals surface area contributed by atoms with E-state index in [0.29, 0.717) is 18.4 Å². The molecule has 0 fully saturated rings. The second-order valence-electron chi connectivity index (χ2n) is 3.77. The second-order valence-corrected chi connectivity index (χ2v) is 4.11. The van der Waals surface area contributed by atoms with E-state index in [1.54, 1.807) is 11.7 Å². The minimum absolute atomic E-state index is 0.153. The average molecular weight is 268 g/mol. The molecule has 2 heterocycles. The maximum Gasteiger partial charge on any atom is 0.229 e. The molecule has 2 N–H and O–H groups in total. The maximum atomic E-state index is 5.79. The summed E-state index contributed by atoms with van der Waals surface area (Å²) < 4.78 is 1.77. The first kappa shape index (κ1) is 12.6. The van der Waals surface area contributed by atoms with Gasteiger partial charge in [0.05, 0.1) is 5.69 Å². The molecule has 8 heteroatoms. The summed E-state index contributed by atoms with van der Waals surface area (Å²) in [6, 6.07) is 0.